The average molecular weight is 918 g/mol. The number of ether oxygens (including phenoxy) is 2. The molecule has 14 rings (SSSR count). The molecule has 0 radical (unpaired) electrons. The molecule has 67 heavy (non-hydrogen) atoms. The Balaban J connectivity index is 0.000000128. The molecule has 0 atom stereocenters. The van der Waals surface area contributed by atoms with Crippen LogP contribution in [0.4, 0.5) is 5.69 Å². The Labute approximate surface area is 399 Å². The van der Waals surface area contributed by atoms with Gasteiger partial charge in [0.1, 0.15) is 5.58 Å². The maximum Gasteiger partial charge on any atom is 0.231 e. The topological polar surface area (TPSA) is 95.5 Å². The van der Waals surface area contributed by atoms with Crippen LogP contribution in [0.25, 0.3) is 53.1 Å². The van der Waals surface area contributed by atoms with Crippen molar-refractivity contribution in [1.29, 1.82) is 0 Å². The molecule has 0 aliphatic carbocycles. The van der Waals surface area contributed by atoms with Gasteiger partial charge in [-0.1, -0.05) is 118 Å². The number of aliphatic imine (C=N–C) groups is 1. The van der Waals surface area contributed by atoms with Crippen LogP contribution in [0.15, 0.2) is 239 Å². The van der Waals surface area contributed by atoms with Gasteiger partial charge in [-0.15, -0.1) is 22.7 Å². The van der Waals surface area contributed by atoms with Crippen molar-refractivity contribution < 1.29 is 13.9 Å². The van der Waals surface area contributed by atoms with E-state index in [2.05, 4.69) is 108 Å². The number of hydrogen-bond donors (Lipinski definition) is 0. The van der Waals surface area contributed by atoms with Crippen molar-refractivity contribution in [3.05, 3.63) is 236 Å². The number of para-hydroxylation sites is 6. The smallest absolute Gasteiger partial charge is 0.231 e. The zero-order valence-corrected chi connectivity index (χ0v) is 36.8. The summed E-state index contributed by atoms with van der Waals surface area (Å²) >= 11 is 3.57. The van der Waals surface area contributed by atoms with Crippen LogP contribution in [0.3, 0.4) is 0 Å². The first kappa shape index (κ1) is 48.4. The molecule has 0 saturated heterocycles. The van der Waals surface area contributed by atoms with Crippen molar-refractivity contribution in [1.82, 2.24) is 19.9 Å². The Morgan fingerprint density at radius 3 is 1.55 bits per heavy atom. The van der Waals surface area contributed by atoms with Gasteiger partial charge in [-0.25, -0.2) is 0 Å². The van der Waals surface area contributed by atoms with E-state index in [0.717, 1.165) is 51.1 Å². The summed E-state index contributed by atoms with van der Waals surface area (Å²) in [5.41, 5.74) is 6.22. The van der Waals surface area contributed by atoms with E-state index in [-0.39, 0.29) is 14.9 Å². The molecule has 0 unspecified atom stereocenters. The lowest BCUT2D eigenvalue weighted by Gasteiger charge is -1.91. The van der Waals surface area contributed by atoms with Crippen LogP contribution >= 0.6 is 22.7 Å². The van der Waals surface area contributed by atoms with Crippen LogP contribution < -0.4 is 9.47 Å². The number of nitrogens with zero attached hydrogens (tertiary/aromatic N) is 5. The van der Waals surface area contributed by atoms with Gasteiger partial charge >= 0.3 is 0 Å². The van der Waals surface area contributed by atoms with Gasteiger partial charge in [0.05, 0.1) is 34.7 Å². The molecule has 0 N–H and O–H groups in total. The second-order valence-corrected chi connectivity index (χ2v) is 15.9. The summed E-state index contributed by atoms with van der Waals surface area (Å²) in [6, 6.07) is 60.5. The molecule has 8 nitrogen and oxygen atoms in total. The molecule has 12 aromatic rings. The zero-order valence-electron chi connectivity index (χ0n) is 35.2. The fourth-order valence-electron chi connectivity index (χ4n) is 6.44. The molecule has 2 aliphatic rings. The molecule has 6 aromatic heterocycles. The monoisotopic (exact) mass is 917 g/mol. The summed E-state index contributed by atoms with van der Waals surface area (Å²) in [6.45, 7) is 0.360. The third-order valence-electron chi connectivity index (χ3n) is 9.68. The normalized spacial score (nSPS) is 10.8. The maximum atomic E-state index is 5.12. The zero-order chi connectivity index (χ0) is 44.1. The second-order valence-electron chi connectivity index (χ2n) is 14.0. The quantitative estimate of drug-likeness (QED) is 0.149. The van der Waals surface area contributed by atoms with Crippen LogP contribution in [0.2, 0.25) is 0 Å². The molecule has 10 heteroatoms. The minimum Gasteiger partial charge on any atom is -0.464 e. The highest BCUT2D eigenvalue weighted by Crippen LogP contribution is 2.30. The Morgan fingerprint density at radius 1 is 0.433 bits per heavy atom. The standard InChI is InChI=1S/C9H7N.C8H6N2.C8H6O.2C8H6S.C7H6N2.C7H6O2.2CH4/c1-2-6-9-8(4-1)5-3-7-10-9;1-2-4-8-7(3-1)9-5-6-10-8;3*1-2-4-8-7(3-1)5-6-9-8;1-3-8-5-7-6(1)2-4-9-7;1-2-4-7-6(3-1)8-5-9-7;;/h1-7H;1-6H;3*1-6H;1,3-5H,2H2;1-4H,5H2;2*1H4. The molecule has 0 saturated carbocycles. The molecule has 0 fully saturated rings. The van der Waals surface area contributed by atoms with Crippen molar-refractivity contribution >= 4 is 87.7 Å². The first-order valence-electron chi connectivity index (χ1n) is 20.8. The lowest BCUT2D eigenvalue weighted by atomic mass is 10.2. The minimum atomic E-state index is 0. The van der Waals surface area contributed by atoms with Crippen LogP contribution in [0, 0.1) is 0 Å². The molecule has 6 aromatic carbocycles. The summed E-state index contributed by atoms with van der Waals surface area (Å²) in [7, 11) is 0. The van der Waals surface area contributed by atoms with E-state index in [1.165, 1.54) is 31.1 Å². The third kappa shape index (κ3) is 14.2. The van der Waals surface area contributed by atoms with Gasteiger partial charge in [-0.2, -0.15) is 0 Å². The van der Waals surface area contributed by atoms with E-state index in [1.807, 2.05) is 122 Å². The largest absolute Gasteiger partial charge is 0.464 e. The summed E-state index contributed by atoms with van der Waals surface area (Å²) < 4.78 is 18.0. The summed E-state index contributed by atoms with van der Waals surface area (Å²) in [6.07, 6.45) is 13.4. The van der Waals surface area contributed by atoms with Crippen LogP contribution in [-0.2, 0) is 6.42 Å². The fraction of sp³-hybridized carbons (Fsp3) is 0.0702. The van der Waals surface area contributed by atoms with E-state index in [0.29, 0.717) is 6.79 Å². The van der Waals surface area contributed by atoms with E-state index in [4.69, 9.17) is 13.9 Å². The number of pyridine rings is 2. The van der Waals surface area contributed by atoms with Gasteiger partial charge in [0.2, 0.25) is 6.79 Å². The van der Waals surface area contributed by atoms with Gasteiger partial charge in [0, 0.05) is 57.6 Å². The van der Waals surface area contributed by atoms with Gasteiger partial charge in [0.15, 0.2) is 11.5 Å². The summed E-state index contributed by atoms with van der Waals surface area (Å²) in [5.74, 6) is 1.69. The van der Waals surface area contributed by atoms with Gasteiger partial charge in [-0.3, -0.25) is 24.9 Å². The van der Waals surface area contributed by atoms with Crippen molar-refractivity contribution in [2.45, 2.75) is 21.3 Å². The first-order chi connectivity index (χ1) is 32.3. The summed E-state index contributed by atoms with van der Waals surface area (Å²) in [4.78, 5) is 20.5. The highest BCUT2D eigenvalue weighted by atomic mass is 32.1. The summed E-state index contributed by atoms with van der Waals surface area (Å²) in [5, 5.41) is 9.29. The third-order valence-corrected chi connectivity index (χ3v) is 11.5. The lowest BCUT2D eigenvalue weighted by Crippen LogP contribution is -1.92. The van der Waals surface area contributed by atoms with E-state index in [9.17, 15) is 0 Å². The number of benzene rings is 6. The number of furan rings is 1. The molecule has 0 amide bonds. The van der Waals surface area contributed by atoms with Crippen molar-refractivity contribution in [2.75, 3.05) is 6.79 Å². The molecule has 0 bridgehead atoms. The molecular weight excluding hydrogens is 867 g/mol. The van der Waals surface area contributed by atoms with Gasteiger partial charge < -0.3 is 13.9 Å². The van der Waals surface area contributed by atoms with Crippen molar-refractivity contribution in [3.8, 4) is 11.5 Å². The van der Waals surface area contributed by atoms with E-state index in [1.54, 1.807) is 53.7 Å². The number of aromatic nitrogens is 4. The first-order valence-corrected chi connectivity index (χ1v) is 22.5. The van der Waals surface area contributed by atoms with Crippen LogP contribution in [0.5, 0.6) is 11.5 Å². The van der Waals surface area contributed by atoms with Crippen molar-refractivity contribution in [2.24, 2.45) is 4.99 Å². The lowest BCUT2D eigenvalue weighted by molar-refractivity contribution is 0.174. The van der Waals surface area contributed by atoms with Crippen molar-refractivity contribution in [3.63, 3.8) is 0 Å². The second kappa shape index (κ2) is 26.0. The molecule has 2 aliphatic heterocycles. The SMILES string of the molecule is C.C.C1=Nc2cnccc2C1.c1ccc2c(c1)OCO2.c1ccc2ncccc2c1.c1ccc2nccnc2c1.c1ccc2occc2c1.c1ccc2sccc2c1.c1ccc2sccc2c1. The average Bonchev–Trinajstić information content (AvgIpc) is 4.26. The minimum absolute atomic E-state index is 0. The van der Waals surface area contributed by atoms with Crippen LogP contribution in [0.1, 0.15) is 20.4 Å². The Bertz CT molecular complexity index is 2870. The highest BCUT2D eigenvalue weighted by molar-refractivity contribution is 7.17. The fourth-order valence-corrected chi connectivity index (χ4v) is 8.02. The Kier molecular flexibility index (Phi) is 18.8. The van der Waals surface area contributed by atoms with Crippen LogP contribution in [-0.4, -0.2) is 32.9 Å². The van der Waals surface area contributed by atoms with E-state index < -0.39 is 0 Å². The predicted octanol–water partition coefficient (Wildman–Crippen LogP) is 16.1. The maximum absolute atomic E-state index is 5.12. The highest BCUT2D eigenvalue weighted by Gasteiger charge is 2.09. The number of hydrogen-bond acceptors (Lipinski definition) is 10. The molecular formula is C57H51N5O3S2. The predicted molar refractivity (Wildman–Crippen MR) is 283 cm³/mol. The molecule has 0 spiro atoms. The van der Waals surface area contributed by atoms with E-state index >= 15 is 0 Å². The number of thiophene rings is 2. The Hall–Kier alpha value is -8.05. The number of rotatable bonds is 0. The molecule has 334 valence electrons. The number of fused-ring (bicyclic) bond motifs is 7. The van der Waals surface area contributed by atoms with Gasteiger partial charge in [-0.05, 0) is 106 Å². The molecule has 8 heterocycles. The van der Waals surface area contributed by atoms with Gasteiger partial charge in [0.25, 0.3) is 0 Å². The Morgan fingerprint density at radius 2 is 0.955 bits per heavy atom.